The summed E-state index contributed by atoms with van der Waals surface area (Å²) in [5, 5.41) is 14.9. The standard InChI is InChI=1S/C26H42N8O5/c1-15(2)13-20(22(28)36)33-23(37)19(5-3-11-31-26(29)30)32-24(38)21-6-4-12-34(21)25(39)18(27)14-16-7-9-17(35)10-8-16/h7-10,15,18-21,35H,3-6,11-14,27H2,1-2H3,(H2,28,36)(H,32,38)(H,33,37)(H4,29,30,31)/t18-,19-,20-,21-/m0/s1. The lowest BCUT2D eigenvalue weighted by Gasteiger charge is -2.29. The maximum absolute atomic E-state index is 13.3. The van der Waals surface area contributed by atoms with Crippen LogP contribution in [-0.2, 0) is 25.6 Å². The van der Waals surface area contributed by atoms with E-state index in [-0.39, 0.29) is 42.9 Å². The van der Waals surface area contributed by atoms with Crippen LogP contribution < -0.4 is 33.6 Å². The second kappa shape index (κ2) is 14.9. The van der Waals surface area contributed by atoms with E-state index in [0.717, 1.165) is 5.56 Å². The maximum Gasteiger partial charge on any atom is 0.243 e. The summed E-state index contributed by atoms with van der Waals surface area (Å²) in [4.78, 5) is 56.8. The average molecular weight is 547 g/mol. The second-order valence-electron chi connectivity index (χ2n) is 10.3. The summed E-state index contributed by atoms with van der Waals surface area (Å²) in [6.07, 6.45) is 2.19. The van der Waals surface area contributed by atoms with Crippen molar-refractivity contribution >= 4 is 29.6 Å². The van der Waals surface area contributed by atoms with Gasteiger partial charge in [-0.1, -0.05) is 26.0 Å². The largest absolute Gasteiger partial charge is 0.508 e. The van der Waals surface area contributed by atoms with Gasteiger partial charge in [0.1, 0.15) is 23.9 Å². The fourth-order valence-corrected chi connectivity index (χ4v) is 4.52. The summed E-state index contributed by atoms with van der Waals surface area (Å²) in [6.45, 7) is 4.40. The van der Waals surface area contributed by atoms with E-state index in [9.17, 15) is 24.3 Å². The number of guanidine groups is 1. The smallest absolute Gasteiger partial charge is 0.243 e. The molecule has 4 atom stereocenters. The molecule has 39 heavy (non-hydrogen) atoms. The molecule has 11 N–H and O–H groups in total. The molecule has 0 saturated carbocycles. The number of benzene rings is 1. The summed E-state index contributed by atoms with van der Waals surface area (Å²) in [5.41, 5.74) is 23.2. The molecule has 1 aliphatic rings. The van der Waals surface area contributed by atoms with E-state index < -0.39 is 41.9 Å². The summed E-state index contributed by atoms with van der Waals surface area (Å²) in [5.74, 6) is -1.97. The van der Waals surface area contributed by atoms with Crippen LogP contribution in [0.3, 0.4) is 0 Å². The molecule has 0 aromatic heterocycles. The van der Waals surface area contributed by atoms with Gasteiger partial charge in [0.05, 0.1) is 6.04 Å². The maximum atomic E-state index is 13.3. The molecule has 0 bridgehead atoms. The number of phenolic OH excluding ortho intramolecular Hbond substituents is 1. The molecule has 1 aliphatic heterocycles. The third-order valence-electron chi connectivity index (χ3n) is 6.49. The molecule has 216 valence electrons. The Hall–Kier alpha value is -3.87. The van der Waals surface area contributed by atoms with Gasteiger partial charge in [-0.25, -0.2) is 0 Å². The zero-order valence-electron chi connectivity index (χ0n) is 22.6. The fourth-order valence-electron chi connectivity index (χ4n) is 4.52. The first-order valence-electron chi connectivity index (χ1n) is 13.2. The first kappa shape index (κ1) is 31.3. The van der Waals surface area contributed by atoms with Gasteiger partial charge in [-0.15, -0.1) is 0 Å². The lowest BCUT2D eigenvalue weighted by Crippen LogP contribution is -2.57. The molecular weight excluding hydrogens is 504 g/mol. The van der Waals surface area contributed by atoms with Crippen molar-refractivity contribution in [3.05, 3.63) is 29.8 Å². The molecule has 13 nitrogen and oxygen atoms in total. The quantitative estimate of drug-likeness (QED) is 0.0849. The van der Waals surface area contributed by atoms with E-state index in [4.69, 9.17) is 22.9 Å². The Morgan fingerprint density at radius 3 is 2.33 bits per heavy atom. The van der Waals surface area contributed by atoms with Gasteiger partial charge in [-0.05, 0) is 62.1 Å². The van der Waals surface area contributed by atoms with E-state index in [2.05, 4.69) is 15.6 Å². The number of aromatic hydroxyl groups is 1. The Bertz CT molecular complexity index is 1030. The van der Waals surface area contributed by atoms with Crippen molar-refractivity contribution in [2.75, 3.05) is 13.1 Å². The predicted molar refractivity (Wildman–Crippen MR) is 147 cm³/mol. The van der Waals surface area contributed by atoms with Crippen molar-refractivity contribution < 1.29 is 24.3 Å². The minimum absolute atomic E-state index is 0.0884. The Morgan fingerprint density at radius 2 is 1.74 bits per heavy atom. The Kier molecular flexibility index (Phi) is 12.0. The third-order valence-corrected chi connectivity index (χ3v) is 6.49. The SMILES string of the molecule is CC(C)C[C@H](NC(=O)[C@H](CCCN=C(N)N)NC(=O)[C@@H]1CCCN1C(=O)[C@@H](N)Cc1ccc(O)cc1)C(N)=O. The molecular formula is C26H42N8O5. The van der Waals surface area contributed by atoms with Gasteiger partial charge in [0, 0.05) is 13.1 Å². The van der Waals surface area contributed by atoms with E-state index in [0.29, 0.717) is 32.2 Å². The van der Waals surface area contributed by atoms with Crippen LogP contribution in [0.1, 0.15) is 51.5 Å². The number of carbonyl (C=O) groups excluding carboxylic acids is 4. The molecule has 4 amide bonds. The fraction of sp³-hybridized carbons (Fsp3) is 0.577. The minimum atomic E-state index is -0.996. The van der Waals surface area contributed by atoms with E-state index >= 15 is 0 Å². The number of hydrogen-bond donors (Lipinski definition) is 7. The van der Waals surface area contributed by atoms with Crippen molar-refractivity contribution in [1.82, 2.24) is 15.5 Å². The topological polar surface area (TPSA) is 232 Å². The lowest BCUT2D eigenvalue weighted by molar-refractivity contribution is -0.140. The molecule has 0 spiro atoms. The first-order chi connectivity index (χ1) is 18.4. The number of likely N-dealkylation sites (tertiary alicyclic amines) is 1. The highest BCUT2D eigenvalue weighted by molar-refractivity contribution is 5.95. The van der Waals surface area contributed by atoms with Gasteiger partial charge in [-0.3, -0.25) is 24.2 Å². The normalized spacial score (nSPS) is 17.2. The number of hydrogen-bond acceptors (Lipinski definition) is 7. The molecule has 1 fully saturated rings. The minimum Gasteiger partial charge on any atom is -0.508 e. The van der Waals surface area contributed by atoms with Crippen molar-refractivity contribution in [2.45, 2.75) is 76.5 Å². The number of phenols is 1. The number of nitrogens with one attached hydrogen (secondary N) is 2. The van der Waals surface area contributed by atoms with E-state index in [1.165, 1.54) is 17.0 Å². The van der Waals surface area contributed by atoms with Crippen LogP contribution in [0.15, 0.2) is 29.3 Å². The predicted octanol–water partition coefficient (Wildman–Crippen LogP) is -1.19. The van der Waals surface area contributed by atoms with Crippen LogP contribution in [0.4, 0.5) is 0 Å². The van der Waals surface area contributed by atoms with Crippen molar-refractivity contribution in [3.63, 3.8) is 0 Å². The summed E-state index contributed by atoms with van der Waals surface area (Å²) >= 11 is 0. The Labute approximate surface area is 228 Å². The second-order valence-corrected chi connectivity index (χ2v) is 10.3. The van der Waals surface area contributed by atoms with Gasteiger partial charge >= 0.3 is 0 Å². The molecule has 2 rings (SSSR count). The van der Waals surface area contributed by atoms with Gasteiger partial charge in [0.15, 0.2) is 5.96 Å². The van der Waals surface area contributed by atoms with Gasteiger partial charge in [0.2, 0.25) is 23.6 Å². The molecule has 1 heterocycles. The van der Waals surface area contributed by atoms with E-state index in [1.54, 1.807) is 12.1 Å². The monoisotopic (exact) mass is 546 g/mol. The Morgan fingerprint density at radius 1 is 1.08 bits per heavy atom. The molecule has 1 aromatic rings. The number of aliphatic imine (C=N–C) groups is 1. The van der Waals surface area contributed by atoms with Crippen LogP contribution in [0.25, 0.3) is 0 Å². The molecule has 0 unspecified atom stereocenters. The van der Waals surface area contributed by atoms with Crippen molar-refractivity contribution in [3.8, 4) is 5.75 Å². The van der Waals surface area contributed by atoms with Crippen LogP contribution in [0, 0.1) is 5.92 Å². The average Bonchev–Trinajstić information content (AvgIpc) is 3.35. The van der Waals surface area contributed by atoms with Crippen LogP contribution >= 0.6 is 0 Å². The lowest BCUT2D eigenvalue weighted by atomic mass is 10.0. The van der Waals surface area contributed by atoms with Crippen LogP contribution in [0.2, 0.25) is 0 Å². The third kappa shape index (κ3) is 10.1. The van der Waals surface area contributed by atoms with Crippen LogP contribution in [-0.4, -0.2) is 76.9 Å². The summed E-state index contributed by atoms with van der Waals surface area (Å²) < 4.78 is 0. The first-order valence-corrected chi connectivity index (χ1v) is 13.2. The zero-order valence-corrected chi connectivity index (χ0v) is 22.6. The van der Waals surface area contributed by atoms with Gasteiger partial charge < -0.3 is 43.6 Å². The van der Waals surface area contributed by atoms with Gasteiger partial charge in [0.25, 0.3) is 0 Å². The highest BCUT2D eigenvalue weighted by atomic mass is 16.3. The zero-order chi connectivity index (χ0) is 29.1. The number of amides is 4. The number of carbonyl (C=O) groups is 4. The molecule has 0 aliphatic carbocycles. The highest BCUT2D eigenvalue weighted by Gasteiger charge is 2.37. The summed E-state index contributed by atoms with van der Waals surface area (Å²) in [7, 11) is 0. The van der Waals surface area contributed by atoms with Crippen LogP contribution in [0.5, 0.6) is 5.75 Å². The Balaban J connectivity index is 2.11. The van der Waals surface area contributed by atoms with E-state index in [1.807, 2.05) is 13.8 Å². The van der Waals surface area contributed by atoms with Crippen molar-refractivity contribution in [2.24, 2.45) is 33.8 Å². The van der Waals surface area contributed by atoms with Crippen molar-refractivity contribution in [1.29, 1.82) is 0 Å². The highest BCUT2D eigenvalue weighted by Crippen LogP contribution is 2.20. The molecule has 1 saturated heterocycles. The molecule has 1 aromatic carbocycles. The number of nitrogens with two attached hydrogens (primary N) is 4. The number of rotatable bonds is 14. The number of primary amides is 1. The summed E-state index contributed by atoms with van der Waals surface area (Å²) in [6, 6.07) is 2.83. The number of nitrogens with zero attached hydrogens (tertiary/aromatic N) is 2. The molecule has 13 heteroatoms. The molecule has 0 radical (unpaired) electrons. The van der Waals surface area contributed by atoms with Gasteiger partial charge in [-0.2, -0.15) is 0 Å².